The van der Waals surface area contributed by atoms with Crippen molar-refractivity contribution >= 4 is 17.8 Å². The number of nitrogens with one attached hydrogen (secondary N) is 1. The van der Waals surface area contributed by atoms with Gasteiger partial charge in [0.1, 0.15) is 5.84 Å². The Balaban J connectivity index is 2.03. The number of rotatable bonds is 0. The predicted octanol–water partition coefficient (Wildman–Crippen LogP) is 1.62. The van der Waals surface area contributed by atoms with Gasteiger partial charge in [-0.15, -0.1) is 0 Å². The molecule has 0 spiro atoms. The van der Waals surface area contributed by atoms with Gasteiger partial charge in [-0.05, 0) is 19.3 Å². The largest absolute Gasteiger partial charge is 0.345 e. The lowest BCUT2D eigenvalue weighted by atomic mass is 9.83. The van der Waals surface area contributed by atoms with Crippen molar-refractivity contribution < 1.29 is 9.59 Å². The van der Waals surface area contributed by atoms with E-state index in [0.29, 0.717) is 5.84 Å². The van der Waals surface area contributed by atoms with E-state index in [1.165, 1.54) is 6.92 Å². The minimum absolute atomic E-state index is 0.192. The molecule has 1 aliphatic carbocycles. The van der Waals surface area contributed by atoms with E-state index >= 15 is 0 Å². The third-order valence-corrected chi connectivity index (χ3v) is 3.99. The number of fused-ring (bicyclic) bond motifs is 3. The maximum atomic E-state index is 12.2. The van der Waals surface area contributed by atoms with Gasteiger partial charge in [0.2, 0.25) is 5.91 Å². The number of urea groups is 1. The summed E-state index contributed by atoms with van der Waals surface area (Å²) in [5.74, 6) is 0.494. The molecule has 19 heavy (non-hydrogen) atoms. The molecule has 0 saturated carbocycles. The van der Waals surface area contributed by atoms with Gasteiger partial charge in [-0.3, -0.25) is 4.79 Å². The van der Waals surface area contributed by atoms with Gasteiger partial charge in [-0.1, -0.05) is 18.2 Å². The van der Waals surface area contributed by atoms with E-state index in [9.17, 15) is 9.59 Å². The lowest BCUT2D eigenvalue weighted by Crippen LogP contribution is -2.38. The van der Waals surface area contributed by atoms with Crippen molar-refractivity contribution in [2.75, 3.05) is 6.54 Å². The summed E-state index contributed by atoms with van der Waals surface area (Å²) in [6.45, 7) is 2.21. The zero-order chi connectivity index (χ0) is 13.4. The Kier molecular flexibility index (Phi) is 2.97. The fourth-order valence-electron chi connectivity index (χ4n) is 3.21. The normalized spacial score (nSPS) is 29.1. The Hall–Kier alpha value is -1.91. The first-order valence-corrected chi connectivity index (χ1v) is 6.71. The van der Waals surface area contributed by atoms with Crippen LogP contribution in [0.5, 0.6) is 0 Å². The minimum atomic E-state index is -0.221. The summed E-state index contributed by atoms with van der Waals surface area (Å²) in [6.07, 6.45) is 9.01. The molecule has 2 heterocycles. The molecule has 0 radical (unpaired) electrons. The van der Waals surface area contributed by atoms with Gasteiger partial charge in [0.05, 0.1) is 0 Å². The van der Waals surface area contributed by atoms with Gasteiger partial charge in [-0.2, -0.15) is 4.99 Å². The van der Waals surface area contributed by atoms with Crippen LogP contribution >= 0.6 is 0 Å². The highest BCUT2D eigenvalue weighted by molar-refractivity contribution is 6.12. The van der Waals surface area contributed by atoms with Crippen LogP contribution in [0.25, 0.3) is 0 Å². The van der Waals surface area contributed by atoms with Crippen molar-refractivity contribution in [3.05, 3.63) is 23.8 Å². The highest BCUT2D eigenvalue weighted by Gasteiger charge is 2.40. The highest BCUT2D eigenvalue weighted by atomic mass is 16.2. The smallest absolute Gasteiger partial charge is 0.319 e. The lowest BCUT2D eigenvalue weighted by molar-refractivity contribution is -0.117. The second kappa shape index (κ2) is 4.64. The zero-order valence-corrected chi connectivity index (χ0v) is 10.9. The van der Waals surface area contributed by atoms with Gasteiger partial charge in [-0.25, -0.2) is 4.79 Å². The van der Waals surface area contributed by atoms with Crippen LogP contribution in [0.4, 0.5) is 4.79 Å². The third kappa shape index (κ3) is 2.09. The average Bonchev–Trinajstić information content (AvgIpc) is 2.83. The van der Waals surface area contributed by atoms with Crippen molar-refractivity contribution in [3.8, 4) is 0 Å². The van der Waals surface area contributed by atoms with Crippen LogP contribution in [0.3, 0.4) is 0 Å². The standard InChI is InChI=1S/C14H17N3O2/c1-9(18)15-13-11-6-3-2-5-10(11)12-7-4-8-17(12)14(19)16-13/h2-3,6,10,12H,4-5,7-8H2,1H3,(H,15,16,18,19). The SMILES string of the molecule is CC(=O)NC1=NC(=O)N2CCCC2C2CC=CC=C12. The van der Waals surface area contributed by atoms with Crippen molar-refractivity contribution in [2.24, 2.45) is 10.9 Å². The van der Waals surface area contributed by atoms with E-state index in [-0.39, 0.29) is 23.9 Å². The van der Waals surface area contributed by atoms with E-state index in [1.54, 1.807) is 0 Å². The first-order chi connectivity index (χ1) is 9.16. The predicted molar refractivity (Wildman–Crippen MR) is 71.7 cm³/mol. The van der Waals surface area contributed by atoms with E-state index in [1.807, 2.05) is 17.1 Å². The quantitative estimate of drug-likeness (QED) is 0.718. The van der Waals surface area contributed by atoms with Gasteiger partial charge < -0.3 is 10.2 Å². The Morgan fingerprint density at radius 1 is 1.53 bits per heavy atom. The fraction of sp³-hybridized carbons (Fsp3) is 0.500. The number of hydrogen-bond acceptors (Lipinski definition) is 2. The van der Waals surface area contributed by atoms with Crippen molar-refractivity contribution in [2.45, 2.75) is 32.2 Å². The molecule has 3 aliphatic rings. The van der Waals surface area contributed by atoms with Crippen molar-refractivity contribution in [1.29, 1.82) is 0 Å². The maximum Gasteiger partial charge on any atom is 0.345 e. The summed E-state index contributed by atoms with van der Waals surface area (Å²) < 4.78 is 0. The molecule has 0 bridgehead atoms. The third-order valence-electron chi connectivity index (χ3n) is 3.99. The zero-order valence-electron chi connectivity index (χ0n) is 10.9. The summed E-state index contributed by atoms with van der Waals surface area (Å²) in [5, 5.41) is 2.70. The molecule has 5 nitrogen and oxygen atoms in total. The molecule has 2 atom stereocenters. The first-order valence-electron chi connectivity index (χ1n) is 6.71. The number of amidine groups is 1. The number of nitrogens with zero attached hydrogens (tertiary/aromatic N) is 2. The molecule has 3 amide bonds. The summed E-state index contributed by atoms with van der Waals surface area (Å²) in [5.41, 5.74) is 0.987. The van der Waals surface area contributed by atoms with Crippen LogP contribution in [-0.4, -0.2) is 35.3 Å². The summed E-state index contributed by atoms with van der Waals surface area (Å²) in [4.78, 5) is 29.4. The summed E-state index contributed by atoms with van der Waals surface area (Å²) in [6, 6.07) is 0.000239. The van der Waals surface area contributed by atoms with Crippen LogP contribution in [0, 0.1) is 5.92 Å². The lowest BCUT2D eigenvalue weighted by Gasteiger charge is -2.30. The number of aliphatic imine (C=N–C) groups is 1. The fourth-order valence-corrected chi connectivity index (χ4v) is 3.21. The second-order valence-corrected chi connectivity index (χ2v) is 5.22. The van der Waals surface area contributed by atoms with Gasteiger partial charge in [0.15, 0.2) is 0 Å². The molecular formula is C14H17N3O2. The van der Waals surface area contributed by atoms with Crippen molar-refractivity contribution in [3.63, 3.8) is 0 Å². The second-order valence-electron chi connectivity index (χ2n) is 5.22. The molecule has 100 valence electrons. The minimum Gasteiger partial charge on any atom is -0.319 e. The highest BCUT2D eigenvalue weighted by Crippen LogP contribution is 2.36. The molecule has 0 aromatic carbocycles. The van der Waals surface area contributed by atoms with Crippen LogP contribution < -0.4 is 5.32 Å². The molecule has 0 aromatic rings. The van der Waals surface area contributed by atoms with Gasteiger partial charge in [0, 0.05) is 31.0 Å². The van der Waals surface area contributed by atoms with E-state index in [2.05, 4.69) is 16.4 Å². The molecule has 2 unspecified atom stereocenters. The van der Waals surface area contributed by atoms with E-state index in [0.717, 1.165) is 31.4 Å². The molecule has 3 rings (SSSR count). The topological polar surface area (TPSA) is 61.8 Å². The average molecular weight is 259 g/mol. The number of carbonyl (C=O) groups excluding carboxylic acids is 2. The molecule has 0 aromatic heterocycles. The van der Waals surface area contributed by atoms with Crippen LogP contribution in [-0.2, 0) is 4.79 Å². The number of hydrogen-bond donors (Lipinski definition) is 1. The molecule has 1 N–H and O–H groups in total. The Bertz CT molecular complexity index is 519. The maximum absolute atomic E-state index is 12.2. The molecule has 2 aliphatic heterocycles. The molecule has 1 fully saturated rings. The Morgan fingerprint density at radius 2 is 2.37 bits per heavy atom. The van der Waals surface area contributed by atoms with E-state index in [4.69, 9.17) is 0 Å². The van der Waals surface area contributed by atoms with Crippen LogP contribution in [0.1, 0.15) is 26.2 Å². The number of allylic oxidation sites excluding steroid dienone is 3. The van der Waals surface area contributed by atoms with Gasteiger partial charge >= 0.3 is 6.03 Å². The van der Waals surface area contributed by atoms with Crippen LogP contribution in [0.2, 0.25) is 0 Å². The van der Waals surface area contributed by atoms with Crippen LogP contribution in [0.15, 0.2) is 28.8 Å². The molecular weight excluding hydrogens is 242 g/mol. The van der Waals surface area contributed by atoms with Crippen molar-refractivity contribution in [1.82, 2.24) is 10.2 Å². The molecule has 1 saturated heterocycles. The van der Waals surface area contributed by atoms with Gasteiger partial charge in [0.25, 0.3) is 0 Å². The number of carbonyl (C=O) groups is 2. The summed E-state index contributed by atoms with van der Waals surface area (Å²) in [7, 11) is 0. The first kappa shape index (κ1) is 12.1. The summed E-state index contributed by atoms with van der Waals surface area (Å²) >= 11 is 0. The number of amides is 3. The Morgan fingerprint density at radius 3 is 3.16 bits per heavy atom. The molecule has 5 heteroatoms. The monoisotopic (exact) mass is 259 g/mol. The van der Waals surface area contributed by atoms with E-state index < -0.39 is 0 Å². The Labute approximate surface area is 112 Å².